The smallest absolute Gasteiger partial charge is 0.423 e. The molecule has 2 aromatic carbocycles. The Bertz CT molecular complexity index is 1230. The number of aliphatic hydroxyl groups is 1. The third kappa shape index (κ3) is 8.73. The zero-order chi connectivity index (χ0) is 31.2. The predicted molar refractivity (Wildman–Crippen MR) is 152 cm³/mol. The second kappa shape index (κ2) is 14.0. The second-order valence-electron chi connectivity index (χ2n) is 10.8. The summed E-state index contributed by atoms with van der Waals surface area (Å²) in [6.45, 7) is 4.00. The first-order chi connectivity index (χ1) is 19.6. The average Bonchev–Trinajstić information content (AvgIpc) is 3.16. The summed E-state index contributed by atoms with van der Waals surface area (Å²) in [5, 5.41) is 28.5. The molecule has 1 aliphatic heterocycles. The molecule has 1 heterocycles. The molecule has 3 rings (SSSR count). The fourth-order valence-corrected chi connectivity index (χ4v) is 4.64. The number of alkyl halides is 3. The number of rotatable bonds is 13. The molecule has 0 spiro atoms. The summed E-state index contributed by atoms with van der Waals surface area (Å²) < 4.78 is 44.6. The van der Waals surface area contributed by atoms with E-state index in [9.17, 15) is 32.9 Å². The number of hydrogen-bond donors (Lipinski definition) is 8. The molecule has 3 atom stereocenters. The lowest BCUT2D eigenvalue weighted by atomic mass is 9.78. The molecule has 0 bridgehead atoms. The van der Waals surface area contributed by atoms with Crippen molar-refractivity contribution in [3.8, 4) is 0 Å². The van der Waals surface area contributed by atoms with Gasteiger partial charge in [0, 0.05) is 31.2 Å². The van der Waals surface area contributed by atoms with Crippen molar-refractivity contribution in [2.75, 3.05) is 18.4 Å². The SMILES string of the molecule is CC1(C)OB(O)c2cc(NC(=O)[C@@H](Cc3ccc(C(F)(F)F)cc3)NC(=O)[C@@H](N)CCC(O)NC(CN)CN)ccc21. The summed E-state index contributed by atoms with van der Waals surface area (Å²) in [5.74, 6) is -1.35. The van der Waals surface area contributed by atoms with Gasteiger partial charge in [-0.25, -0.2) is 0 Å². The van der Waals surface area contributed by atoms with Crippen LogP contribution in [0.1, 0.15) is 43.4 Å². The van der Waals surface area contributed by atoms with E-state index in [1.165, 1.54) is 12.1 Å². The molecular formula is C27H38BF3N6O5. The number of halogens is 3. The van der Waals surface area contributed by atoms with Gasteiger partial charge in [-0.05, 0) is 67.5 Å². The number of amides is 2. The van der Waals surface area contributed by atoms with Crippen LogP contribution >= 0.6 is 0 Å². The quantitative estimate of drug-likeness (QED) is 0.113. The molecule has 0 fully saturated rings. The van der Waals surface area contributed by atoms with Crippen molar-refractivity contribution in [1.29, 1.82) is 0 Å². The van der Waals surface area contributed by atoms with E-state index in [2.05, 4.69) is 16.0 Å². The first-order valence-corrected chi connectivity index (χ1v) is 13.5. The highest BCUT2D eigenvalue weighted by molar-refractivity contribution is 6.62. The first kappa shape index (κ1) is 33.5. The van der Waals surface area contributed by atoms with Crippen LogP contribution in [0.2, 0.25) is 0 Å². The van der Waals surface area contributed by atoms with Gasteiger partial charge in [-0.15, -0.1) is 0 Å². The Morgan fingerprint density at radius 2 is 1.69 bits per heavy atom. The van der Waals surface area contributed by atoms with E-state index < -0.39 is 54.6 Å². The third-order valence-corrected chi connectivity index (χ3v) is 7.08. The minimum Gasteiger partial charge on any atom is -0.423 e. The predicted octanol–water partition coefficient (Wildman–Crippen LogP) is -0.374. The molecule has 42 heavy (non-hydrogen) atoms. The molecule has 1 aliphatic rings. The van der Waals surface area contributed by atoms with Crippen molar-refractivity contribution in [1.82, 2.24) is 10.6 Å². The first-order valence-electron chi connectivity index (χ1n) is 13.5. The number of aliphatic hydroxyl groups excluding tert-OH is 1. The Kier molecular flexibility index (Phi) is 11.1. The summed E-state index contributed by atoms with van der Waals surface area (Å²) in [6, 6.07) is 6.49. The van der Waals surface area contributed by atoms with Crippen LogP contribution in [0, 0.1) is 0 Å². The minimum absolute atomic E-state index is 0.0506. The largest absolute Gasteiger partial charge is 0.492 e. The summed E-state index contributed by atoms with van der Waals surface area (Å²) in [4.78, 5) is 26.3. The molecule has 2 amide bonds. The van der Waals surface area contributed by atoms with Crippen LogP contribution in [0.4, 0.5) is 18.9 Å². The maximum atomic E-state index is 13.3. The lowest BCUT2D eigenvalue weighted by Crippen LogP contribution is -2.51. The number of nitrogens with two attached hydrogens (primary N) is 3. The topological polar surface area (TPSA) is 198 Å². The summed E-state index contributed by atoms with van der Waals surface area (Å²) in [5.41, 5.74) is 17.5. The van der Waals surface area contributed by atoms with Crippen molar-refractivity contribution in [3.05, 3.63) is 59.2 Å². The van der Waals surface area contributed by atoms with Crippen LogP contribution in [0.25, 0.3) is 0 Å². The Hall–Kier alpha value is -3.05. The third-order valence-electron chi connectivity index (χ3n) is 7.08. The lowest BCUT2D eigenvalue weighted by Gasteiger charge is -2.23. The summed E-state index contributed by atoms with van der Waals surface area (Å²) in [7, 11) is -1.19. The minimum atomic E-state index is -4.53. The van der Waals surface area contributed by atoms with Crippen molar-refractivity contribution < 1.29 is 37.5 Å². The Morgan fingerprint density at radius 1 is 1.05 bits per heavy atom. The monoisotopic (exact) mass is 594 g/mol. The van der Waals surface area contributed by atoms with Gasteiger partial charge in [-0.2, -0.15) is 13.2 Å². The van der Waals surface area contributed by atoms with Crippen LogP contribution in [-0.2, 0) is 32.4 Å². The number of fused-ring (bicyclic) bond motifs is 1. The number of hydrogen-bond acceptors (Lipinski definition) is 9. The number of anilines is 1. The van der Waals surface area contributed by atoms with E-state index >= 15 is 0 Å². The molecule has 11 N–H and O–H groups in total. The standard InChI is InChI=1S/C27H38BF3N6O5/c1-26(2)19-8-7-17(12-20(19)28(41)42-26)36-25(40)22(11-15-3-5-16(6-4-15)27(29,30)31)37-24(39)21(34)9-10-23(38)35-18(13-32)14-33/h3-8,12,18,21-23,35,38,41H,9-11,13-14,32-34H2,1-2H3,(H,36,40)(H,37,39)/t21-,22+,23?/m0/s1. The molecule has 0 radical (unpaired) electrons. The van der Waals surface area contributed by atoms with Crippen molar-refractivity contribution in [2.24, 2.45) is 17.2 Å². The number of carbonyl (C=O) groups is 2. The number of nitrogens with one attached hydrogen (secondary N) is 3. The van der Waals surface area contributed by atoms with Crippen LogP contribution in [0.5, 0.6) is 0 Å². The van der Waals surface area contributed by atoms with E-state index in [4.69, 9.17) is 21.9 Å². The molecular weight excluding hydrogens is 556 g/mol. The highest BCUT2D eigenvalue weighted by Gasteiger charge is 2.40. The zero-order valence-electron chi connectivity index (χ0n) is 23.4. The molecule has 15 heteroatoms. The van der Waals surface area contributed by atoms with E-state index in [-0.39, 0.29) is 38.4 Å². The normalized spacial score (nSPS) is 16.6. The van der Waals surface area contributed by atoms with Gasteiger partial charge in [0.05, 0.1) is 17.2 Å². The summed E-state index contributed by atoms with van der Waals surface area (Å²) in [6.07, 6.45) is -5.53. The highest BCUT2D eigenvalue weighted by Crippen LogP contribution is 2.31. The van der Waals surface area contributed by atoms with Crippen molar-refractivity contribution >= 4 is 30.1 Å². The number of carbonyl (C=O) groups excluding carboxylic acids is 2. The van der Waals surface area contributed by atoms with Crippen LogP contribution in [-0.4, -0.2) is 66.5 Å². The van der Waals surface area contributed by atoms with Crippen LogP contribution < -0.4 is 38.6 Å². The lowest BCUT2D eigenvalue weighted by molar-refractivity contribution is -0.137. The maximum Gasteiger partial charge on any atom is 0.492 e. The molecule has 11 nitrogen and oxygen atoms in total. The summed E-state index contributed by atoms with van der Waals surface area (Å²) >= 11 is 0. The zero-order valence-corrected chi connectivity index (χ0v) is 23.4. The second-order valence-corrected chi connectivity index (χ2v) is 10.8. The van der Waals surface area contributed by atoms with Gasteiger partial charge in [0.25, 0.3) is 0 Å². The van der Waals surface area contributed by atoms with E-state index in [0.717, 1.165) is 17.7 Å². The van der Waals surface area contributed by atoms with Gasteiger partial charge in [-0.3, -0.25) is 14.9 Å². The van der Waals surface area contributed by atoms with Gasteiger partial charge in [0.15, 0.2) is 0 Å². The average molecular weight is 594 g/mol. The molecule has 2 aromatic rings. The van der Waals surface area contributed by atoms with Gasteiger partial charge in [0.2, 0.25) is 11.8 Å². The number of benzene rings is 2. The Balaban J connectivity index is 1.74. The van der Waals surface area contributed by atoms with Crippen molar-refractivity contribution in [2.45, 2.75) is 69.2 Å². The van der Waals surface area contributed by atoms with Gasteiger partial charge in [-0.1, -0.05) is 18.2 Å². The van der Waals surface area contributed by atoms with Gasteiger partial charge < -0.3 is 42.6 Å². The van der Waals surface area contributed by atoms with E-state index in [0.29, 0.717) is 16.7 Å². The molecule has 1 unspecified atom stereocenters. The molecule has 230 valence electrons. The fourth-order valence-electron chi connectivity index (χ4n) is 4.64. The fraction of sp³-hybridized carbons (Fsp3) is 0.481. The van der Waals surface area contributed by atoms with E-state index in [1.807, 2.05) is 0 Å². The van der Waals surface area contributed by atoms with Gasteiger partial charge >= 0.3 is 13.3 Å². The van der Waals surface area contributed by atoms with Gasteiger partial charge in [0.1, 0.15) is 12.3 Å². The van der Waals surface area contributed by atoms with Crippen LogP contribution in [0.15, 0.2) is 42.5 Å². The molecule has 0 aliphatic carbocycles. The van der Waals surface area contributed by atoms with E-state index in [1.54, 1.807) is 32.0 Å². The molecule has 0 saturated carbocycles. The maximum absolute atomic E-state index is 13.3. The van der Waals surface area contributed by atoms with Crippen molar-refractivity contribution in [3.63, 3.8) is 0 Å². The van der Waals surface area contributed by atoms with Crippen LogP contribution in [0.3, 0.4) is 0 Å². The Labute approximate surface area is 242 Å². The molecule has 0 aromatic heterocycles. The Morgan fingerprint density at radius 3 is 2.29 bits per heavy atom. The highest BCUT2D eigenvalue weighted by atomic mass is 19.4. The molecule has 0 saturated heterocycles.